The Morgan fingerprint density at radius 1 is 1.08 bits per heavy atom. The van der Waals surface area contributed by atoms with Crippen molar-refractivity contribution in [2.45, 2.75) is 24.8 Å². The summed E-state index contributed by atoms with van der Waals surface area (Å²) in [6.45, 7) is 4.52. The Kier molecular flexibility index (Phi) is 6.33. The number of hydrogen-bond donors (Lipinski definition) is 2. The Morgan fingerprint density at radius 2 is 1.76 bits per heavy atom. The molecule has 1 atom stereocenters. The van der Waals surface area contributed by atoms with Gasteiger partial charge < -0.3 is 10.6 Å². The standard InChI is InChI=1S/C19H24N2O3S/c1-14(2)19(15-8-5-4-6-9-15)20-13-18(22)21-16-10-7-11-17(12-16)25(3,23)24/h4-12,14,19-20H,13H2,1-3H3,(H,21,22)/p+1/t19-/m0/s1. The molecule has 0 aliphatic rings. The van der Waals surface area contributed by atoms with Crippen LogP contribution in [0.1, 0.15) is 25.5 Å². The van der Waals surface area contributed by atoms with Crippen LogP contribution in [0.5, 0.6) is 0 Å². The molecule has 2 aromatic rings. The summed E-state index contributed by atoms with van der Waals surface area (Å²) in [7, 11) is -3.29. The lowest BCUT2D eigenvalue weighted by Crippen LogP contribution is -2.88. The monoisotopic (exact) mass is 361 g/mol. The summed E-state index contributed by atoms with van der Waals surface area (Å²) in [5, 5.41) is 4.78. The number of amides is 1. The van der Waals surface area contributed by atoms with Gasteiger partial charge in [0.15, 0.2) is 16.4 Å². The minimum Gasteiger partial charge on any atom is -0.332 e. The fourth-order valence-electron chi connectivity index (χ4n) is 2.72. The molecule has 0 saturated carbocycles. The van der Waals surface area contributed by atoms with Crippen molar-refractivity contribution in [3.8, 4) is 0 Å². The first-order chi connectivity index (χ1) is 11.8. The highest BCUT2D eigenvalue weighted by molar-refractivity contribution is 7.90. The molecule has 1 amide bonds. The summed E-state index contributed by atoms with van der Waals surface area (Å²) in [6, 6.07) is 16.6. The number of sulfone groups is 1. The SMILES string of the molecule is CC(C)[C@H]([NH2+]CC(=O)Nc1cccc(S(C)(=O)=O)c1)c1ccccc1. The molecule has 0 aromatic heterocycles. The minimum atomic E-state index is -3.29. The molecule has 0 fully saturated rings. The van der Waals surface area contributed by atoms with Gasteiger partial charge in [0, 0.05) is 23.4 Å². The average Bonchev–Trinajstić information content (AvgIpc) is 2.55. The van der Waals surface area contributed by atoms with Crippen LogP contribution in [-0.4, -0.2) is 27.1 Å². The predicted octanol–water partition coefficient (Wildman–Crippen LogP) is 1.99. The molecule has 6 heteroatoms. The van der Waals surface area contributed by atoms with Gasteiger partial charge in [0.2, 0.25) is 0 Å². The molecule has 134 valence electrons. The summed E-state index contributed by atoms with van der Waals surface area (Å²) in [5.74, 6) is 0.219. The summed E-state index contributed by atoms with van der Waals surface area (Å²) >= 11 is 0. The highest BCUT2D eigenvalue weighted by Gasteiger charge is 2.20. The normalized spacial score (nSPS) is 12.8. The molecule has 25 heavy (non-hydrogen) atoms. The number of benzene rings is 2. The average molecular weight is 361 g/mol. The van der Waals surface area contributed by atoms with Crippen molar-refractivity contribution < 1.29 is 18.5 Å². The van der Waals surface area contributed by atoms with E-state index in [1.807, 2.05) is 23.5 Å². The molecule has 0 heterocycles. The summed E-state index contributed by atoms with van der Waals surface area (Å²) in [6.07, 6.45) is 1.15. The van der Waals surface area contributed by atoms with Gasteiger partial charge in [-0.1, -0.05) is 50.2 Å². The van der Waals surface area contributed by atoms with Gasteiger partial charge in [-0.25, -0.2) is 8.42 Å². The number of anilines is 1. The summed E-state index contributed by atoms with van der Waals surface area (Å²) < 4.78 is 23.2. The second-order valence-electron chi connectivity index (χ2n) is 6.47. The van der Waals surface area contributed by atoms with Crippen molar-refractivity contribution in [2.75, 3.05) is 18.1 Å². The first-order valence-corrected chi connectivity index (χ1v) is 10.1. The van der Waals surface area contributed by atoms with Crippen molar-refractivity contribution in [3.05, 3.63) is 60.2 Å². The molecule has 0 radical (unpaired) electrons. The van der Waals surface area contributed by atoms with Gasteiger partial charge in [-0.05, 0) is 18.2 Å². The Labute approximate surface area is 149 Å². The molecular weight excluding hydrogens is 336 g/mol. The van der Waals surface area contributed by atoms with Crippen molar-refractivity contribution >= 4 is 21.4 Å². The van der Waals surface area contributed by atoms with Gasteiger partial charge in [0.05, 0.1) is 4.90 Å². The molecule has 0 aliphatic heterocycles. The first-order valence-electron chi connectivity index (χ1n) is 8.25. The molecule has 0 bridgehead atoms. The van der Waals surface area contributed by atoms with Gasteiger partial charge in [-0.2, -0.15) is 0 Å². The fourth-order valence-corrected chi connectivity index (χ4v) is 3.39. The number of quaternary nitrogens is 1. The molecule has 0 aliphatic carbocycles. The molecule has 5 nitrogen and oxygen atoms in total. The highest BCUT2D eigenvalue weighted by Crippen LogP contribution is 2.17. The molecule has 3 N–H and O–H groups in total. The predicted molar refractivity (Wildman–Crippen MR) is 99.0 cm³/mol. The zero-order chi connectivity index (χ0) is 18.4. The second-order valence-corrected chi connectivity index (χ2v) is 8.48. The fraction of sp³-hybridized carbons (Fsp3) is 0.316. The lowest BCUT2D eigenvalue weighted by Gasteiger charge is -2.19. The number of rotatable bonds is 7. The number of nitrogens with one attached hydrogen (secondary N) is 1. The van der Waals surface area contributed by atoms with E-state index in [9.17, 15) is 13.2 Å². The number of carbonyl (C=O) groups is 1. The Hall–Kier alpha value is -2.18. The Morgan fingerprint density at radius 3 is 2.36 bits per heavy atom. The van der Waals surface area contributed by atoms with Crippen LogP contribution in [0.4, 0.5) is 5.69 Å². The van der Waals surface area contributed by atoms with Gasteiger partial charge in [-0.3, -0.25) is 4.79 Å². The molecular formula is C19H25N2O3S+. The lowest BCUT2D eigenvalue weighted by molar-refractivity contribution is -0.692. The molecule has 2 rings (SSSR count). The third kappa shape index (κ3) is 5.69. The van der Waals surface area contributed by atoms with Crippen LogP contribution in [0.3, 0.4) is 0 Å². The third-order valence-corrected chi connectivity index (χ3v) is 5.12. The Balaban J connectivity index is 2.00. The molecule has 0 unspecified atom stereocenters. The van der Waals surface area contributed by atoms with E-state index in [0.717, 1.165) is 6.26 Å². The molecule has 2 aromatic carbocycles. The van der Waals surface area contributed by atoms with Crippen LogP contribution < -0.4 is 10.6 Å². The van der Waals surface area contributed by atoms with Gasteiger partial charge in [0.1, 0.15) is 6.04 Å². The van der Waals surface area contributed by atoms with Crippen LogP contribution >= 0.6 is 0 Å². The van der Waals surface area contributed by atoms with Crippen LogP contribution in [0.15, 0.2) is 59.5 Å². The van der Waals surface area contributed by atoms with Crippen molar-refractivity contribution in [2.24, 2.45) is 5.92 Å². The number of hydrogen-bond acceptors (Lipinski definition) is 3. The first kappa shape index (κ1) is 19.1. The zero-order valence-electron chi connectivity index (χ0n) is 14.8. The Bertz CT molecular complexity index is 818. The van der Waals surface area contributed by atoms with E-state index in [1.165, 1.54) is 17.7 Å². The second kappa shape index (κ2) is 8.27. The summed E-state index contributed by atoms with van der Waals surface area (Å²) in [4.78, 5) is 12.4. The molecule has 0 spiro atoms. The smallest absolute Gasteiger partial charge is 0.279 e. The van der Waals surface area contributed by atoms with E-state index in [2.05, 4.69) is 31.3 Å². The van der Waals surface area contributed by atoms with Gasteiger partial charge >= 0.3 is 0 Å². The summed E-state index contributed by atoms with van der Waals surface area (Å²) in [5.41, 5.74) is 1.67. The highest BCUT2D eigenvalue weighted by atomic mass is 32.2. The van der Waals surface area contributed by atoms with Crippen molar-refractivity contribution in [3.63, 3.8) is 0 Å². The molecule has 0 saturated heterocycles. The van der Waals surface area contributed by atoms with Crippen LogP contribution in [0.25, 0.3) is 0 Å². The van der Waals surface area contributed by atoms with Crippen molar-refractivity contribution in [1.29, 1.82) is 0 Å². The lowest BCUT2D eigenvalue weighted by atomic mass is 9.96. The number of carbonyl (C=O) groups excluding carboxylic acids is 1. The largest absolute Gasteiger partial charge is 0.332 e. The maximum atomic E-state index is 12.2. The number of nitrogens with two attached hydrogens (primary N) is 1. The maximum Gasteiger partial charge on any atom is 0.279 e. The maximum absolute atomic E-state index is 12.2. The minimum absolute atomic E-state index is 0.160. The van der Waals surface area contributed by atoms with E-state index < -0.39 is 9.84 Å². The topological polar surface area (TPSA) is 79.8 Å². The van der Waals surface area contributed by atoms with Gasteiger partial charge in [0.25, 0.3) is 5.91 Å². The quantitative estimate of drug-likeness (QED) is 0.791. The van der Waals surface area contributed by atoms with Crippen LogP contribution in [-0.2, 0) is 14.6 Å². The van der Waals surface area contributed by atoms with E-state index >= 15 is 0 Å². The van der Waals surface area contributed by atoms with Gasteiger partial charge in [-0.15, -0.1) is 0 Å². The van der Waals surface area contributed by atoms with E-state index in [-0.39, 0.29) is 23.4 Å². The van der Waals surface area contributed by atoms with Crippen LogP contribution in [0.2, 0.25) is 0 Å². The van der Waals surface area contributed by atoms with E-state index in [1.54, 1.807) is 12.1 Å². The van der Waals surface area contributed by atoms with Crippen molar-refractivity contribution in [1.82, 2.24) is 0 Å². The van der Waals surface area contributed by atoms with Crippen LogP contribution in [0, 0.1) is 5.92 Å². The third-order valence-electron chi connectivity index (χ3n) is 4.01. The van der Waals surface area contributed by atoms with E-state index in [0.29, 0.717) is 11.6 Å². The zero-order valence-corrected chi connectivity index (χ0v) is 15.6. The van der Waals surface area contributed by atoms with E-state index in [4.69, 9.17) is 0 Å².